The van der Waals surface area contributed by atoms with Crippen LogP contribution >= 0.6 is 22.7 Å². The first-order valence-electron chi connectivity index (χ1n) is 12.0. The molecule has 0 atom stereocenters. The van der Waals surface area contributed by atoms with Crippen molar-refractivity contribution in [1.82, 2.24) is 20.8 Å². The summed E-state index contributed by atoms with van der Waals surface area (Å²) in [6.07, 6.45) is 5.59. The molecule has 1 fully saturated rings. The van der Waals surface area contributed by atoms with Crippen LogP contribution in [0.5, 0.6) is 0 Å². The molecule has 4 N–H and O–H groups in total. The lowest BCUT2D eigenvalue weighted by molar-refractivity contribution is 0.103. The highest BCUT2D eigenvalue weighted by Crippen LogP contribution is 2.36. The highest BCUT2D eigenvalue weighted by Gasteiger charge is 2.25. The van der Waals surface area contributed by atoms with Crippen LogP contribution in [0.3, 0.4) is 0 Å². The van der Waals surface area contributed by atoms with Crippen LogP contribution in [-0.2, 0) is 0 Å². The van der Waals surface area contributed by atoms with Gasteiger partial charge < -0.3 is 5.32 Å². The van der Waals surface area contributed by atoms with Crippen molar-refractivity contribution >= 4 is 39.8 Å². The van der Waals surface area contributed by atoms with E-state index in [9.17, 15) is 4.79 Å². The first-order valence-corrected chi connectivity index (χ1v) is 13.7. The van der Waals surface area contributed by atoms with Crippen LogP contribution in [0.4, 0.5) is 5.13 Å². The van der Waals surface area contributed by atoms with Crippen LogP contribution in [0.1, 0.15) is 39.0 Å². The quantitative estimate of drug-likeness (QED) is 0.161. The number of nitrogens with one attached hydrogen (secondary N) is 3. The number of carbonyl (C=O) groups excluding carboxylic acids is 1. The van der Waals surface area contributed by atoms with Crippen LogP contribution in [0.25, 0.3) is 28.6 Å². The average molecular weight is 530 g/mol. The Labute approximate surface area is 223 Å². The number of thiazole rings is 2. The molecule has 0 spiro atoms. The number of nitrogens with zero attached hydrogens (tertiary/aromatic N) is 2. The van der Waals surface area contributed by atoms with Crippen LogP contribution in [0.2, 0.25) is 0 Å². The standard InChI is InChI=1S/C28H27N5O2S2/c1-18(33-35)7-8-19-9-11-20(12-10-19)23-17-36-28(30-23)32-26(34)25-24(21-5-3-2-4-6-21)31-27(37-25)22-13-15-29-16-14-22/h2-12,17,22,29,33,35H,1,13-16H2,(H,30,32,34)/b8-7+. The summed E-state index contributed by atoms with van der Waals surface area (Å²) in [6, 6.07) is 17.7. The lowest BCUT2D eigenvalue weighted by Gasteiger charge is -2.20. The van der Waals surface area contributed by atoms with Gasteiger partial charge in [-0.05, 0) is 37.6 Å². The van der Waals surface area contributed by atoms with Crippen LogP contribution in [0, 0.1) is 0 Å². The number of hydrogen-bond acceptors (Lipinski definition) is 8. The molecule has 2 aromatic heterocycles. The molecule has 37 heavy (non-hydrogen) atoms. The number of hydrogen-bond donors (Lipinski definition) is 4. The Morgan fingerprint density at radius 2 is 1.81 bits per heavy atom. The molecule has 1 amide bonds. The summed E-state index contributed by atoms with van der Waals surface area (Å²) < 4.78 is 0. The van der Waals surface area contributed by atoms with E-state index in [1.807, 2.05) is 71.5 Å². The minimum Gasteiger partial charge on any atom is -0.317 e. The van der Waals surface area contributed by atoms with Crippen molar-refractivity contribution in [2.45, 2.75) is 18.8 Å². The van der Waals surface area contributed by atoms with Crippen molar-refractivity contribution in [2.75, 3.05) is 18.4 Å². The molecule has 0 unspecified atom stereocenters. The Morgan fingerprint density at radius 1 is 1.05 bits per heavy atom. The third kappa shape index (κ3) is 6.03. The van der Waals surface area contributed by atoms with E-state index < -0.39 is 0 Å². The second-order valence-corrected chi connectivity index (χ2v) is 10.6. The average Bonchev–Trinajstić information content (AvgIpc) is 3.61. The Hall–Kier alpha value is -3.63. The molecule has 0 saturated carbocycles. The molecule has 1 aliphatic rings. The Kier molecular flexibility index (Phi) is 7.86. The van der Waals surface area contributed by atoms with E-state index in [1.165, 1.54) is 22.7 Å². The van der Waals surface area contributed by atoms with Gasteiger partial charge in [0.2, 0.25) is 0 Å². The molecule has 9 heteroatoms. The van der Waals surface area contributed by atoms with Gasteiger partial charge in [0.25, 0.3) is 5.91 Å². The summed E-state index contributed by atoms with van der Waals surface area (Å²) in [7, 11) is 0. The molecule has 0 radical (unpaired) electrons. The monoisotopic (exact) mass is 529 g/mol. The topological polar surface area (TPSA) is 99.2 Å². The molecule has 5 rings (SSSR count). The van der Waals surface area contributed by atoms with E-state index in [-0.39, 0.29) is 5.91 Å². The van der Waals surface area contributed by atoms with E-state index in [2.05, 4.69) is 22.2 Å². The fourth-order valence-electron chi connectivity index (χ4n) is 4.14. The van der Waals surface area contributed by atoms with Gasteiger partial charge in [0.15, 0.2) is 5.13 Å². The SMILES string of the molecule is C=C(/C=C/c1ccc(-c2csc(NC(=O)c3sc(C4CCNCC4)nc3-c3ccccc3)n2)cc1)NO. The second-order valence-electron chi connectivity index (χ2n) is 8.70. The van der Waals surface area contributed by atoms with Gasteiger partial charge in [0, 0.05) is 22.4 Å². The zero-order valence-corrected chi connectivity index (χ0v) is 21.7. The Bertz CT molecular complexity index is 1400. The van der Waals surface area contributed by atoms with Gasteiger partial charge in [-0.3, -0.25) is 20.8 Å². The maximum atomic E-state index is 13.4. The highest BCUT2D eigenvalue weighted by atomic mass is 32.1. The van der Waals surface area contributed by atoms with Crippen LogP contribution < -0.4 is 16.1 Å². The van der Waals surface area contributed by atoms with Gasteiger partial charge in [-0.25, -0.2) is 9.97 Å². The summed E-state index contributed by atoms with van der Waals surface area (Å²) in [5, 5.41) is 18.7. The number of amides is 1. The van der Waals surface area contributed by atoms with Gasteiger partial charge in [-0.1, -0.05) is 67.3 Å². The molecule has 0 bridgehead atoms. The van der Waals surface area contributed by atoms with Gasteiger partial charge in [-0.15, -0.1) is 22.7 Å². The summed E-state index contributed by atoms with van der Waals surface area (Å²) in [4.78, 5) is 23.6. The summed E-state index contributed by atoms with van der Waals surface area (Å²) in [5.74, 6) is 0.188. The number of hydroxylamine groups is 1. The van der Waals surface area contributed by atoms with Crippen molar-refractivity contribution < 1.29 is 10.0 Å². The number of rotatable bonds is 8. The molecule has 1 saturated heterocycles. The van der Waals surface area contributed by atoms with Crippen LogP contribution in [0.15, 0.2) is 78.3 Å². The van der Waals surface area contributed by atoms with E-state index >= 15 is 0 Å². The van der Waals surface area contributed by atoms with Gasteiger partial charge in [-0.2, -0.15) is 0 Å². The van der Waals surface area contributed by atoms with E-state index in [4.69, 9.17) is 10.2 Å². The number of piperidine rings is 1. The predicted octanol–water partition coefficient (Wildman–Crippen LogP) is 6.16. The first-order chi connectivity index (χ1) is 18.1. The minimum absolute atomic E-state index is 0.185. The maximum Gasteiger partial charge on any atom is 0.269 e. The normalized spacial score (nSPS) is 14.1. The van der Waals surface area contributed by atoms with E-state index in [0.717, 1.165) is 59.0 Å². The minimum atomic E-state index is -0.185. The van der Waals surface area contributed by atoms with Crippen molar-refractivity contribution in [2.24, 2.45) is 0 Å². The van der Waals surface area contributed by atoms with Gasteiger partial charge in [0.05, 0.1) is 22.1 Å². The summed E-state index contributed by atoms with van der Waals surface area (Å²) in [6.45, 7) is 5.60. The van der Waals surface area contributed by atoms with Crippen molar-refractivity contribution in [3.8, 4) is 22.5 Å². The van der Waals surface area contributed by atoms with Crippen molar-refractivity contribution in [3.05, 3.63) is 93.8 Å². The van der Waals surface area contributed by atoms with E-state index in [1.54, 1.807) is 6.08 Å². The molecule has 0 aliphatic carbocycles. The second kappa shape index (κ2) is 11.6. The third-order valence-corrected chi connectivity index (χ3v) is 8.11. The number of allylic oxidation sites excluding steroid dienone is 1. The summed E-state index contributed by atoms with van der Waals surface area (Å²) in [5.41, 5.74) is 6.79. The highest BCUT2D eigenvalue weighted by molar-refractivity contribution is 7.15. The number of benzene rings is 2. The molecular formula is C28H27N5O2S2. The van der Waals surface area contributed by atoms with E-state index in [0.29, 0.717) is 21.6 Å². The van der Waals surface area contributed by atoms with Gasteiger partial charge >= 0.3 is 0 Å². The largest absolute Gasteiger partial charge is 0.317 e. The first kappa shape index (κ1) is 25.0. The maximum absolute atomic E-state index is 13.4. The number of anilines is 1. The molecule has 3 heterocycles. The Morgan fingerprint density at radius 3 is 2.54 bits per heavy atom. The summed E-state index contributed by atoms with van der Waals surface area (Å²) >= 11 is 2.89. The fourth-order valence-corrected chi connectivity index (χ4v) is 6.01. The molecule has 2 aromatic carbocycles. The lowest BCUT2D eigenvalue weighted by atomic mass is 9.99. The molecule has 7 nitrogen and oxygen atoms in total. The Balaban J connectivity index is 1.34. The number of aromatic nitrogens is 2. The molecule has 1 aliphatic heterocycles. The fraction of sp³-hybridized carbons (Fsp3) is 0.179. The van der Waals surface area contributed by atoms with Crippen molar-refractivity contribution in [1.29, 1.82) is 0 Å². The zero-order valence-electron chi connectivity index (χ0n) is 20.1. The predicted molar refractivity (Wildman–Crippen MR) is 151 cm³/mol. The van der Waals surface area contributed by atoms with Gasteiger partial charge in [0.1, 0.15) is 4.88 Å². The zero-order chi connectivity index (χ0) is 25.6. The van der Waals surface area contributed by atoms with Crippen LogP contribution in [-0.4, -0.2) is 34.2 Å². The number of carbonyl (C=O) groups is 1. The third-order valence-electron chi connectivity index (χ3n) is 6.14. The lowest BCUT2D eigenvalue weighted by Crippen LogP contribution is -2.26. The molecule has 4 aromatic rings. The van der Waals surface area contributed by atoms with Crippen molar-refractivity contribution in [3.63, 3.8) is 0 Å². The smallest absolute Gasteiger partial charge is 0.269 e. The molecule has 188 valence electrons. The molecular weight excluding hydrogens is 502 g/mol.